The third-order valence-electron chi connectivity index (χ3n) is 3.77. The second-order valence-electron chi connectivity index (χ2n) is 5.07. The fourth-order valence-electron chi connectivity index (χ4n) is 2.72. The molecule has 0 aromatic heterocycles. The summed E-state index contributed by atoms with van der Waals surface area (Å²) in [5.41, 5.74) is 10.5. The van der Waals surface area contributed by atoms with Gasteiger partial charge in [-0.15, -0.1) is 0 Å². The fraction of sp³-hybridized carbons (Fsp3) is 0.250. The zero-order valence-corrected chi connectivity index (χ0v) is 10.8. The van der Waals surface area contributed by atoms with Gasteiger partial charge in [-0.2, -0.15) is 0 Å². The second kappa shape index (κ2) is 4.94. The van der Waals surface area contributed by atoms with Crippen molar-refractivity contribution in [3.63, 3.8) is 0 Å². The van der Waals surface area contributed by atoms with E-state index in [1.807, 2.05) is 30.3 Å². The van der Waals surface area contributed by atoms with Crippen LogP contribution in [-0.4, -0.2) is 16.6 Å². The van der Waals surface area contributed by atoms with E-state index >= 15 is 0 Å². The molecular weight excluding hydrogens is 236 g/mol. The normalized spacial score (nSPS) is 15.2. The van der Waals surface area contributed by atoms with Crippen molar-refractivity contribution in [1.82, 2.24) is 4.90 Å². The summed E-state index contributed by atoms with van der Waals surface area (Å²) < 4.78 is 0. The van der Waals surface area contributed by atoms with E-state index in [2.05, 4.69) is 11.0 Å². The van der Waals surface area contributed by atoms with E-state index < -0.39 is 0 Å². The lowest BCUT2D eigenvalue weighted by atomic mass is 9.97. The van der Waals surface area contributed by atoms with Crippen molar-refractivity contribution in [2.45, 2.75) is 19.5 Å². The summed E-state index contributed by atoms with van der Waals surface area (Å²) in [6.07, 6.45) is 0.982. The minimum absolute atomic E-state index is 0.376. The van der Waals surface area contributed by atoms with E-state index in [0.29, 0.717) is 5.75 Å². The van der Waals surface area contributed by atoms with Crippen molar-refractivity contribution in [1.29, 1.82) is 0 Å². The largest absolute Gasteiger partial charge is 0.508 e. The van der Waals surface area contributed by atoms with Crippen LogP contribution in [0.25, 0.3) is 0 Å². The lowest BCUT2D eigenvalue weighted by Crippen LogP contribution is -2.30. The molecule has 2 aromatic carbocycles. The van der Waals surface area contributed by atoms with Gasteiger partial charge < -0.3 is 10.8 Å². The molecule has 0 fully saturated rings. The smallest absolute Gasteiger partial charge is 0.120 e. The summed E-state index contributed by atoms with van der Waals surface area (Å²) in [6.45, 7) is 2.66. The third kappa shape index (κ3) is 2.42. The van der Waals surface area contributed by atoms with Crippen LogP contribution in [0.4, 0.5) is 5.69 Å². The average molecular weight is 254 g/mol. The first-order valence-electron chi connectivity index (χ1n) is 6.59. The first-order valence-corrected chi connectivity index (χ1v) is 6.59. The summed E-state index contributed by atoms with van der Waals surface area (Å²) in [5, 5.41) is 9.83. The van der Waals surface area contributed by atoms with E-state index in [9.17, 15) is 5.11 Å². The number of nitrogens with two attached hydrogens (primary N) is 1. The van der Waals surface area contributed by atoms with Crippen molar-refractivity contribution < 1.29 is 5.11 Å². The third-order valence-corrected chi connectivity index (χ3v) is 3.77. The second-order valence-corrected chi connectivity index (χ2v) is 5.07. The highest BCUT2D eigenvalue weighted by Crippen LogP contribution is 2.26. The molecule has 1 aliphatic heterocycles. The number of fused-ring (bicyclic) bond motifs is 1. The quantitative estimate of drug-likeness (QED) is 0.810. The lowest BCUT2D eigenvalue weighted by Gasteiger charge is -2.29. The molecule has 0 amide bonds. The van der Waals surface area contributed by atoms with Crippen LogP contribution >= 0.6 is 0 Å². The topological polar surface area (TPSA) is 49.5 Å². The van der Waals surface area contributed by atoms with E-state index in [1.54, 1.807) is 6.07 Å². The van der Waals surface area contributed by atoms with Crippen molar-refractivity contribution in [3.05, 3.63) is 59.2 Å². The number of phenolic OH excluding ortho intramolecular Hbond substituents is 1. The standard InChI is InChI=1S/C16H18N2O/c17-15-6-3-5-12-10-18(9-8-14(12)15)11-13-4-1-2-7-16(13)19/h1-7,19H,8-11,17H2. The highest BCUT2D eigenvalue weighted by Gasteiger charge is 2.18. The maximum absolute atomic E-state index is 9.83. The molecule has 0 spiro atoms. The van der Waals surface area contributed by atoms with Crippen LogP contribution < -0.4 is 5.73 Å². The van der Waals surface area contributed by atoms with Crippen molar-refractivity contribution in [2.75, 3.05) is 12.3 Å². The van der Waals surface area contributed by atoms with E-state index in [0.717, 1.165) is 37.3 Å². The van der Waals surface area contributed by atoms with Crippen LogP contribution in [0.15, 0.2) is 42.5 Å². The van der Waals surface area contributed by atoms with Gasteiger partial charge >= 0.3 is 0 Å². The minimum atomic E-state index is 0.376. The Morgan fingerprint density at radius 2 is 1.95 bits per heavy atom. The Bertz CT molecular complexity index is 595. The van der Waals surface area contributed by atoms with Crippen LogP contribution in [0.5, 0.6) is 5.75 Å². The van der Waals surface area contributed by atoms with Crippen LogP contribution in [0.3, 0.4) is 0 Å². The van der Waals surface area contributed by atoms with Crippen LogP contribution in [0, 0.1) is 0 Å². The molecular formula is C16H18N2O. The van der Waals surface area contributed by atoms with Crippen molar-refractivity contribution >= 4 is 5.69 Å². The van der Waals surface area contributed by atoms with Gasteiger partial charge in [-0.3, -0.25) is 4.90 Å². The van der Waals surface area contributed by atoms with Gasteiger partial charge in [-0.1, -0.05) is 30.3 Å². The number of benzene rings is 2. The van der Waals surface area contributed by atoms with E-state index in [1.165, 1.54) is 11.1 Å². The van der Waals surface area contributed by atoms with Gasteiger partial charge in [0.2, 0.25) is 0 Å². The number of hydrogen-bond donors (Lipinski definition) is 2. The van der Waals surface area contributed by atoms with Gasteiger partial charge in [0.1, 0.15) is 5.75 Å². The number of aromatic hydroxyl groups is 1. The lowest BCUT2D eigenvalue weighted by molar-refractivity contribution is 0.242. The Kier molecular flexibility index (Phi) is 3.13. The summed E-state index contributed by atoms with van der Waals surface area (Å²) in [4.78, 5) is 2.34. The number of nitrogens with zero attached hydrogens (tertiary/aromatic N) is 1. The molecule has 3 rings (SSSR count). The molecule has 0 bridgehead atoms. The number of para-hydroxylation sites is 1. The molecule has 1 aliphatic rings. The fourth-order valence-corrected chi connectivity index (χ4v) is 2.72. The van der Waals surface area contributed by atoms with Gasteiger partial charge in [-0.05, 0) is 29.7 Å². The van der Waals surface area contributed by atoms with Gasteiger partial charge in [0.15, 0.2) is 0 Å². The zero-order chi connectivity index (χ0) is 13.2. The highest BCUT2D eigenvalue weighted by molar-refractivity contribution is 5.51. The van der Waals surface area contributed by atoms with E-state index in [-0.39, 0.29) is 0 Å². The van der Waals surface area contributed by atoms with Crippen LogP contribution in [-0.2, 0) is 19.5 Å². The Balaban J connectivity index is 1.78. The number of hydrogen-bond acceptors (Lipinski definition) is 3. The number of phenols is 1. The number of nitrogen functional groups attached to an aromatic ring is 1. The summed E-state index contributed by atoms with van der Waals surface area (Å²) >= 11 is 0. The molecule has 3 nitrogen and oxygen atoms in total. The maximum Gasteiger partial charge on any atom is 0.120 e. The van der Waals surface area contributed by atoms with Gasteiger partial charge in [0.25, 0.3) is 0 Å². The molecule has 3 heteroatoms. The van der Waals surface area contributed by atoms with Crippen LogP contribution in [0.2, 0.25) is 0 Å². The molecule has 19 heavy (non-hydrogen) atoms. The van der Waals surface area contributed by atoms with Crippen molar-refractivity contribution in [2.24, 2.45) is 0 Å². The Labute approximate surface area is 113 Å². The van der Waals surface area contributed by atoms with Gasteiger partial charge in [0, 0.05) is 30.9 Å². The first kappa shape index (κ1) is 12.1. The Morgan fingerprint density at radius 1 is 1.11 bits per heavy atom. The molecule has 1 heterocycles. The Hall–Kier alpha value is -2.00. The zero-order valence-electron chi connectivity index (χ0n) is 10.8. The SMILES string of the molecule is Nc1cccc2c1CCN(Cc1ccccc1O)C2. The predicted molar refractivity (Wildman–Crippen MR) is 76.8 cm³/mol. The van der Waals surface area contributed by atoms with Crippen molar-refractivity contribution in [3.8, 4) is 5.75 Å². The van der Waals surface area contributed by atoms with Gasteiger partial charge in [0.05, 0.1) is 0 Å². The van der Waals surface area contributed by atoms with Crippen LogP contribution in [0.1, 0.15) is 16.7 Å². The number of rotatable bonds is 2. The first-order chi connectivity index (χ1) is 9.24. The molecule has 0 saturated carbocycles. The predicted octanol–water partition coefficient (Wildman–Crippen LogP) is 2.53. The molecule has 0 aliphatic carbocycles. The molecule has 98 valence electrons. The highest BCUT2D eigenvalue weighted by atomic mass is 16.3. The molecule has 3 N–H and O–H groups in total. The molecule has 0 saturated heterocycles. The molecule has 2 aromatic rings. The van der Waals surface area contributed by atoms with E-state index in [4.69, 9.17) is 5.73 Å². The molecule has 0 unspecified atom stereocenters. The number of anilines is 1. The monoisotopic (exact) mass is 254 g/mol. The summed E-state index contributed by atoms with van der Waals surface area (Å²) in [7, 11) is 0. The average Bonchev–Trinajstić information content (AvgIpc) is 2.42. The Morgan fingerprint density at radius 3 is 2.79 bits per heavy atom. The minimum Gasteiger partial charge on any atom is -0.508 e. The molecule has 0 atom stereocenters. The molecule has 0 radical (unpaired) electrons. The summed E-state index contributed by atoms with van der Waals surface area (Å²) in [6, 6.07) is 13.7. The van der Waals surface area contributed by atoms with Gasteiger partial charge in [-0.25, -0.2) is 0 Å². The summed E-state index contributed by atoms with van der Waals surface area (Å²) in [5.74, 6) is 0.376. The maximum atomic E-state index is 9.83.